The van der Waals surface area contributed by atoms with Crippen LogP contribution in [0.5, 0.6) is 0 Å². The number of carbonyl (C=O) groups is 2. The minimum atomic E-state index is -0.734. The van der Waals surface area contributed by atoms with Crippen molar-refractivity contribution in [2.75, 3.05) is 0 Å². The molecule has 25 heavy (non-hydrogen) atoms. The van der Waals surface area contributed by atoms with E-state index >= 15 is 0 Å². The summed E-state index contributed by atoms with van der Waals surface area (Å²) in [6, 6.07) is 7.14. The highest BCUT2D eigenvalue weighted by Crippen LogP contribution is 2.34. The van der Waals surface area contributed by atoms with E-state index in [1.807, 2.05) is 24.3 Å². The lowest BCUT2D eigenvalue weighted by molar-refractivity contribution is -0.133. The number of urea groups is 1. The van der Waals surface area contributed by atoms with Crippen LogP contribution >= 0.6 is 15.9 Å². The Morgan fingerprint density at radius 2 is 2.04 bits per heavy atom. The molecule has 8 heteroatoms. The molecule has 1 saturated carbocycles. The zero-order chi connectivity index (χ0) is 17.4. The van der Waals surface area contributed by atoms with E-state index in [1.165, 1.54) is 4.90 Å². The van der Waals surface area contributed by atoms with Crippen molar-refractivity contribution in [1.29, 1.82) is 0 Å². The van der Waals surface area contributed by atoms with Gasteiger partial charge in [0, 0.05) is 10.0 Å². The van der Waals surface area contributed by atoms with E-state index < -0.39 is 5.54 Å². The quantitative estimate of drug-likeness (QED) is 0.792. The van der Waals surface area contributed by atoms with Gasteiger partial charge in [-0.3, -0.25) is 9.69 Å². The molecule has 1 saturated heterocycles. The van der Waals surface area contributed by atoms with Gasteiger partial charge in [-0.2, -0.15) is 4.98 Å². The number of aromatic nitrogens is 2. The molecule has 0 radical (unpaired) electrons. The number of hydrogen-bond acceptors (Lipinski definition) is 5. The third-order valence-electron chi connectivity index (χ3n) is 4.80. The predicted molar refractivity (Wildman–Crippen MR) is 92.3 cm³/mol. The molecule has 3 amide bonds. The van der Waals surface area contributed by atoms with Gasteiger partial charge in [-0.05, 0) is 25.0 Å². The summed E-state index contributed by atoms with van der Waals surface area (Å²) in [7, 11) is 0. The molecule has 0 atom stereocenters. The molecule has 2 aliphatic rings. The summed E-state index contributed by atoms with van der Waals surface area (Å²) in [5.41, 5.74) is 0.0629. The van der Waals surface area contributed by atoms with Crippen molar-refractivity contribution in [3.63, 3.8) is 0 Å². The molecule has 0 unspecified atom stereocenters. The van der Waals surface area contributed by atoms with Gasteiger partial charge in [0.05, 0.1) is 0 Å². The van der Waals surface area contributed by atoms with Crippen LogP contribution in [0.15, 0.2) is 33.3 Å². The summed E-state index contributed by atoms with van der Waals surface area (Å²) in [6.45, 7) is -0.00653. The van der Waals surface area contributed by atoms with Crippen molar-refractivity contribution >= 4 is 27.9 Å². The lowest BCUT2D eigenvalue weighted by Gasteiger charge is -2.30. The van der Waals surface area contributed by atoms with E-state index in [4.69, 9.17) is 4.52 Å². The standard InChI is InChI=1S/C17H17BrN4O3/c18-12-6-4-5-11(9-12)14-19-13(25-21-14)10-22-15(23)17(20-16(22)24)7-2-1-3-8-17/h4-6,9H,1-3,7-8,10H2,(H,20,24). The summed E-state index contributed by atoms with van der Waals surface area (Å²) in [5.74, 6) is 0.487. The Bertz CT molecular complexity index is 829. The summed E-state index contributed by atoms with van der Waals surface area (Å²) >= 11 is 3.40. The van der Waals surface area contributed by atoms with Gasteiger partial charge < -0.3 is 9.84 Å². The smallest absolute Gasteiger partial charge is 0.325 e. The van der Waals surface area contributed by atoms with E-state index in [0.29, 0.717) is 18.7 Å². The summed E-state index contributed by atoms with van der Waals surface area (Å²) in [5, 5.41) is 6.82. The normalized spacial score (nSPS) is 19.5. The Morgan fingerprint density at radius 3 is 2.80 bits per heavy atom. The highest BCUT2D eigenvalue weighted by atomic mass is 79.9. The fourth-order valence-corrected chi connectivity index (χ4v) is 3.91. The highest BCUT2D eigenvalue weighted by Gasteiger charge is 2.51. The molecular formula is C17H17BrN4O3. The molecule has 2 fully saturated rings. The monoisotopic (exact) mass is 404 g/mol. The predicted octanol–water partition coefficient (Wildman–Crippen LogP) is 3.25. The van der Waals surface area contributed by atoms with Crippen LogP contribution in [-0.2, 0) is 11.3 Å². The number of nitrogens with zero attached hydrogens (tertiary/aromatic N) is 3. The molecule has 7 nitrogen and oxygen atoms in total. The lowest BCUT2D eigenvalue weighted by Crippen LogP contribution is -2.48. The van der Waals surface area contributed by atoms with E-state index in [0.717, 1.165) is 29.3 Å². The number of nitrogens with one attached hydrogen (secondary N) is 1. The summed E-state index contributed by atoms with van der Waals surface area (Å²) < 4.78 is 6.15. The van der Waals surface area contributed by atoms with Crippen LogP contribution in [0.4, 0.5) is 4.79 Å². The zero-order valence-corrected chi connectivity index (χ0v) is 15.1. The topological polar surface area (TPSA) is 88.3 Å². The number of benzene rings is 1. The second-order valence-electron chi connectivity index (χ2n) is 6.49. The Labute approximate surface area is 152 Å². The van der Waals surface area contributed by atoms with Crippen LogP contribution in [0.1, 0.15) is 38.0 Å². The summed E-state index contributed by atoms with van der Waals surface area (Å²) in [4.78, 5) is 30.5. The van der Waals surface area contributed by atoms with E-state index in [2.05, 4.69) is 31.4 Å². The molecule has 1 spiro atoms. The first kappa shape index (κ1) is 16.3. The minimum Gasteiger partial charge on any atom is -0.337 e. The maximum atomic E-state index is 12.8. The Hall–Kier alpha value is -2.22. The van der Waals surface area contributed by atoms with Crippen LogP contribution in [0, 0.1) is 0 Å². The molecule has 2 aromatic rings. The Morgan fingerprint density at radius 1 is 1.24 bits per heavy atom. The van der Waals surface area contributed by atoms with Gasteiger partial charge >= 0.3 is 6.03 Å². The largest absolute Gasteiger partial charge is 0.337 e. The Kier molecular flexibility index (Phi) is 4.07. The van der Waals surface area contributed by atoms with Gasteiger partial charge in [-0.25, -0.2) is 4.79 Å². The molecule has 1 aliphatic carbocycles. The van der Waals surface area contributed by atoms with Crippen LogP contribution in [-0.4, -0.2) is 32.5 Å². The van der Waals surface area contributed by atoms with Crippen molar-refractivity contribution in [1.82, 2.24) is 20.4 Å². The van der Waals surface area contributed by atoms with E-state index in [1.54, 1.807) is 0 Å². The van der Waals surface area contributed by atoms with Gasteiger partial charge in [0.15, 0.2) is 0 Å². The van der Waals surface area contributed by atoms with Crippen molar-refractivity contribution in [3.05, 3.63) is 34.6 Å². The van der Waals surface area contributed by atoms with Crippen molar-refractivity contribution in [2.24, 2.45) is 0 Å². The third-order valence-corrected chi connectivity index (χ3v) is 5.29. The lowest BCUT2D eigenvalue weighted by atomic mass is 9.82. The second kappa shape index (κ2) is 6.25. The fourth-order valence-electron chi connectivity index (χ4n) is 3.51. The number of rotatable bonds is 3. The van der Waals surface area contributed by atoms with Crippen LogP contribution in [0.25, 0.3) is 11.4 Å². The molecule has 2 heterocycles. The van der Waals surface area contributed by atoms with Gasteiger partial charge in [0.2, 0.25) is 11.7 Å². The number of amides is 3. The van der Waals surface area contributed by atoms with Crippen molar-refractivity contribution in [2.45, 2.75) is 44.2 Å². The first-order valence-corrected chi connectivity index (χ1v) is 9.09. The minimum absolute atomic E-state index is 0.00653. The first-order chi connectivity index (χ1) is 12.1. The van der Waals surface area contributed by atoms with Crippen molar-refractivity contribution in [3.8, 4) is 11.4 Å². The fraction of sp³-hybridized carbons (Fsp3) is 0.412. The molecule has 1 aromatic carbocycles. The second-order valence-corrected chi connectivity index (χ2v) is 7.40. The molecular weight excluding hydrogens is 388 g/mol. The average molecular weight is 405 g/mol. The van der Waals surface area contributed by atoms with E-state index in [9.17, 15) is 9.59 Å². The zero-order valence-electron chi connectivity index (χ0n) is 13.5. The molecule has 0 bridgehead atoms. The first-order valence-electron chi connectivity index (χ1n) is 8.30. The van der Waals surface area contributed by atoms with Gasteiger partial charge in [0.25, 0.3) is 5.91 Å². The third kappa shape index (κ3) is 2.95. The van der Waals surface area contributed by atoms with Crippen LogP contribution in [0.2, 0.25) is 0 Å². The number of hydrogen-bond donors (Lipinski definition) is 1. The van der Waals surface area contributed by atoms with Gasteiger partial charge in [-0.15, -0.1) is 0 Å². The number of halogens is 1. The van der Waals surface area contributed by atoms with Crippen molar-refractivity contribution < 1.29 is 14.1 Å². The highest BCUT2D eigenvalue weighted by molar-refractivity contribution is 9.10. The van der Waals surface area contributed by atoms with Gasteiger partial charge in [-0.1, -0.05) is 52.5 Å². The number of imide groups is 1. The maximum absolute atomic E-state index is 12.8. The number of carbonyl (C=O) groups excluding carboxylic acids is 2. The van der Waals surface area contributed by atoms with Crippen LogP contribution < -0.4 is 5.32 Å². The SMILES string of the molecule is O=C1NC2(CCCCC2)C(=O)N1Cc1nc(-c2cccc(Br)c2)no1. The molecule has 1 aromatic heterocycles. The molecule has 1 aliphatic heterocycles. The van der Waals surface area contributed by atoms with Crippen LogP contribution in [0.3, 0.4) is 0 Å². The maximum Gasteiger partial charge on any atom is 0.325 e. The summed E-state index contributed by atoms with van der Waals surface area (Å²) in [6.07, 6.45) is 4.40. The van der Waals surface area contributed by atoms with Gasteiger partial charge in [0.1, 0.15) is 12.1 Å². The molecule has 1 N–H and O–H groups in total. The molecule has 130 valence electrons. The van der Waals surface area contributed by atoms with E-state index in [-0.39, 0.29) is 24.4 Å². The molecule has 4 rings (SSSR count). The average Bonchev–Trinajstić information content (AvgIpc) is 3.16. The Balaban J connectivity index is 1.53.